The third-order valence-electron chi connectivity index (χ3n) is 3.62. The first-order valence-electron chi connectivity index (χ1n) is 7.12. The van der Waals surface area contributed by atoms with Crippen molar-refractivity contribution in [1.29, 1.82) is 0 Å². The standard InChI is InChI=1S/C15H23ClN2O2/c1-15(2,3)6-7-17-8-10-18(11-9-17)14(19)12-4-5-13(16)20-12/h4-5H,6-11H2,1-3H3. The van der Waals surface area contributed by atoms with E-state index in [0.29, 0.717) is 11.2 Å². The molecule has 4 nitrogen and oxygen atoms in total. The number of carbonyl (C=O) groups excluding carboxylic acids is 1. The van der Waals surface area contributed by atoms with E-state index in [4.69, 9.17) is 16.0 Å². The van der Waals surface area contributed by atoms with E-state index < -0.39 is 0 Å². The summed E-state index contributed by atoms with van der Waals surface area (Å²) >= 11 is 5.70. The lowest BCUT2D eigenvalue weighted by molar-refractivity contribution is 0.0593. The van der Waals surface area contributed by atoms with Crippen LogP contribution in [0.5, 0.6) is 0 Å². The first kappa shape index (κ1) is 15.4. The van der Waals surface area contributed by atoms with E-state index in [1.165, 1.54) is 6.42 Å². The van der Waals surface area contributed by atoms with Crippen molar-refractivity contribution in [2.75, 3.05) is 32.7 Å². The molecule has 0 saturated carbocycles. The van der Waals surface area contributed by atoms with E-state index in [9.17, 15) is 4.79 Å². The Morgan fingerprint density at radius 1 is 1.25 bits per heavy atom. The Balaban J connectivity index is 1.81. The van der Waals surface area contributed by atoms with Crippen LogP contribution >= 0.6 is 11.6 Å². The molecule has 1 aliphatic heterocycles. The molecule has 0 unspecified atom stereocenters. The fourth-order valence-electron chi connectivity index (χ4n) is 2.25. The highest BCUT2D eigenvalue weighted by Crippen LogP contribution is 2.20. The van der Waals surface area contributed by atoms with Gasteiger partial charge in [-0.3, -0.25) is 9.69 Å². The summed E-state index contributed by atoms with van der Waals surface area (Å²) < 4.78 is 5.18. The highest BCUT2D eigenvalue weighted by Gasteiger charge is 2.24. The molecule has 0 spiro atoms. The molecule has 0 radical (unpaired) electrons. The summed E-state index contributed by atoms with van der Waals surface area (Å²) in [6.45, 7) is 11.2. The van der Waals surface area contributed by atoms with Gasteiger partial charge in [-0.05, 0) is 42.1 Å². The number of piperazine rings is 1. The van der Waals surface area contributed by atoms with Crippen molar-refractivity contribution >= 4 is 17.5 Å². The Bertz CT molecular complexity index is 457. The van der Waals surface area contributed by atoms with Gasteiger partial charge < -0.3 is 9.32 Å². The van der Waals surface area contributed by atoms with Crippen LogP contribution in [-0.2, 0) is 0 Å². The van der Waals surface area contributed by atoms with Gasteiger partial charge in [-0.15, -0.1) is 0 Å². The highest BCUT2D eigenvalue weighted by molar-refractivity contribution is 6.29. The van der Waals surface area contributed by atoms with Crippen molar-refractivity contribution in [3.05, 3.63) is 23.1 Å². The Kier molecular flexibility index (Phi) is 4.76. The van der Waals surface area contributed by atoms with E-state index in [1.54, 1.807) is 12.1 Å². The summed E-state index contributed by atoms with van der Waals surface area (Å²) in [6.07, 6.45) is 1.18. The van der Waals surface area contributed by atoms with Crippen LogP contribution in [0.1, 0.15) is 37.7 Å². The summed E-state index contributed by atoms with van der Waals surface area (Å²) in [5, 5.41) is 0.261. The zero-order chi connectivity index (χ0) is 14.8. The lowest BCUT2D eigenvalue weighted by atomic mass is 9.92. The number of hydrogen-bond donors (Lipinski definition) is 0. The first-order chi connectivity index (χ1) is 9.35. The second-order valence-electron chi connectivity index (χ2n) is 6.55. The van der Waals surface area contributed by atoms with Crippen LogP contribution in [-0.4, -0.2) is 48.4 Å². The largest absolute Gasteiger partial charge is 0.440 e. The maximum Gasteiger partial charge on any atom is 0.289 e. The van der Waals surface area contributed by atoms with Crippen molar-refractivity contribution in [1.82, 2.24) is 9.80 Å². The van der Waals surface area contributed by atoms with Gasteiger partial charge >= 0.3 is 0 Å². The minimum atomic E-state index is -0.0626. The van der Waals surface area contributed by atoms with E-state index in [2.05, 4.69) is 25.7 Å². The molecule has 112 valence electrons. The van der Waals surface area contributed by atoms with E-state index in [1.807, 2.05) is 4.90 Å². The third-order valence-corrected chi connectivity index (χ3v) is 3.82. The molecule has 5 heteroatoms. The molecule has 0 aliphatic carbocycles. The minimum Gasteiger partial charge on any atom is -0.440 e. The second-order valence-corrected chi connectivity index (χ2v) is 6.92. The van der Waals surface area contributed by atoms with Crippen molar-refractivity contribution in [3.63, 3.8) is 0 Å². The van der Waals surface area contributed by atoms with Gasteiger partial charge in [-0.2, -0.15) is 0 Å². The molecule has 1 saturated heterocycles. The molecule has 0 aromatic carbocycles. The van der Waals surface area contributed by atoms with Gasteiger partial charge in [-0.1, -0.05) is 20.8 Å². The number of nitrogens with zero attached hydrogens (tertiary/aromatic N) is 2. The van der Waals surface area contributed by atoms with Crippen LogP contribution in [0.3, 0.4) is 0 Å². The third kappa shape index (κ3) is 4.25. The lowest BCUT2D eigenvalue weighted by Crippen LogP contribution is -2.49. The SMILES string of the molecule is CC(C)(C)CCN1CCN(C(=O)c2ccc(Cl)o2)CC1. The Labute approximate surface area is 125 Å². The fourth-order valence-corrected chi connectivity index (χ4v) is 2.40. The first-order valence-corrected chi connectivity index (χ1v) is 7.50. The molecule has 1 amide bonds. The van der Waals surface area contributed by atoms with Gasteiger partial charge in [0.25, 0.3) is 5.91 Å². The average Bonchev–Trinajstić information content (AvgIpc) is 2.82. The molecule has 1 aromatic rings. The normalized spacial score (nSPS) is 17.5. The molecule has 1 aliphatic rings. The molecule has 1 aromatic heterocycles. The van der Waals surface area contributed by atoms with Crippen LogP contribution in [0.15, 0.2) is 16.5 Å². The van der Waals surface area contributed by atoms with Gasteiger partial charge in [0, 0.05) is 26.2 Å². The lowest BCUT2D eigenvalue weighted by Gasteiger charge is -2.35. The van der Waals surface area contributed by atoms with Crippen molar-refractivity contribution in [3.8, 4) is 0 Å². The maximum atomic E-state index is 12.2. The van der Waals surface area contributed by atoms with Gasteiger partial charge in [0.15, 0.2) is 11.0 Å². The summed E-state index contributed by atoms with van der Waals surface area (Å²) in [7, 11) is 0. The van der Waals surface area contributed by atoms with E-state index in [0.717, 1.165) is 32.7 Å². The summed E-state index contributed by atoms with van der Waals surface area (Å²) in [6, 6.07) is 3.24. The predicted octanol–water partition coefficient (Wildman–Crippen LogP) is 3.13. The van der Waals surface area contributed by atoms with Gasteiger partial charge in [-0.25, -0.2) is 0 Å². The van der Waals surface area contributed by atoms with E-state index >= 15 is 0 Å². The number of furan rings is 1. The van der Waals surface area contributed by atoms with Crippen LogP contribution < -0.4 is 0 Å². The van der Waals surface area contributed by atoms with Crippen LogP contribution in [0.25, 0.3) is 0 Å². The summed E-state index contributed by atoms with van der Waals surface area (Å²) in [4.78, 5) is 16.4. The highest BCUT2D eigenvalue weighted by atomic mass is 35.5. The molecular formula is C15H23ClN2O2. The number of rotatable bonds is 3. The molecular weight excluding hydrogens is 276 g/mol. The van der Waals surface area contributed by atoms with Crippen molar-refractivity contribution in [2.45, 2.75) is 27.2 Å². The number of hydrogen-bond acceptors (Lipinski definition) is 3. The van der Waals surface area contributed by atoms with Gasteiger partial charge in [0.05, 0.1) is 0 Å². The quantitative estimate of drug-likeness (QED) is 0.860. The Morgan fingerprint density at radius 2 is 1.90 bits per heavy atom. The average molecular weight is 299 g/mol. The van der Waals surface area contributed by atoms with Crippen LogP contribution in [0.4, 0.5) is 0 Å². The van der Waals surface area contributed by atoms with E-state index in [-0.39, 0.29) is 11.1 Å². The topological polar surface area (TPSA) is 36.7 Å². The van der Waals surface area contributed by atoms with Gasteiger partial charge in [0.2, 0.25) is 0 Å². The number of halogens is 1. The molecule has 0 N–H and O–H groups in total. The molecule has 0 atom stereocenters. The molecule has 20 heavy (non-hydrogen) atoms. The minimum absolute atomic E-state index is 0.0626. The number of carbonyl (C=O) groups is 1. The predicted molar refractivity (Wildman–Crippen MR) is 80.1 cm³/mol. The summed E-state index contributed by atoms with van der Waals surface area (Å²) in [5.41, 5.74) is 0.359. The van der Waals surface area contributed by atoms with Crippen LogP contribution in [0.2, 0.25) is 5.22 Å². The molecule has 1 fully saturated rings. The van der Waals surface area contributed by atoms with Crippen molar-refractivity contribution < 1.29 is 9.21 Å². The van der Waals surface area contributed by atoms with Crippen molar-refractivity contribution in [2.24, 2.45) is 5.41 Å². The van der Waals surface area contributed by atoms with Gasteiger partial charge in [0.1, 0.15) is 0 Å². The zero-order valence-electron chi connectivity index (χ0n) is 12.5. The fraction of sp³-hybridized carbons (Fsp3) is 0.667. The zero-order valence-corrected chi connectivity index (χ0v) is 13.2. The monoisotopic (exact) mass is 298 g/mol. The Morgan fingerprint density at radius 3 is 2.40 bits per heavy atom. The molecule has 2 heterocycles. The van der Waals surface area contributed by atoms with Crippen LogP contribution in [0, 0.1) is 5.41 Å². The number of amides is 1. The second kappa shape index (κ2) is 6.19. The Hall–Kier alpha value is -1.00. The summed E-state index contributed by atoms with van der Waals surface area (Å²) in [5.74, 6) is 0.269. The molecule has 2 rings (SSSR count). The smallest absolute Gasteiger partial charge is 0.289 e. The molecule has 0 bridgehead atoms. The maximum absolute atomic E-state index is 12.2.